The van der Waals surface area contributed by atoms with Crippen LogP contribution in [-0.2, 0) is 14.8 Å². The Morgan fingerprint density at radius 2 is 1.35 bits per heavy atom. The smallest absolute Gasteiger partial charge is 0.264 e. The van der Waals surface area contributed by atoms with Gasteiger partial charge in [-0.2, -0.15) is 0 Å². The number of hydrogen-bond acceptors (Lipinski definition) is 6. The number of nitrogens with one attached hydrogen (secondary N) is 1. The number of ether oxygens (including phenoxy) is 3. The van der Waals surface area contributed by atoms with Crippen LogP contribution >= 0.6 is 0 Å². The van der Waals surface area contributed by atoms with Crippen LogP contribution in [0.3, 0.4) is 0 Å². The first-order valence-electron chi connectivity index (χ1n) is 11.3. The fraction of sp³-hybridized carbons (Fsp3) is 0.107. The number of anilines is 2. The third-order valence-electron chi connectivity index (χ3n) is 5.39. The van der Waals surface area contributed by atoms with Crippen molar-refractivity contribution in [2.45, 2.75) is 4.90 Å². The molecule has 1 amide bonds. The molecular formula is C28H26N2O6S. The van der Waals surface area contributed by atoms with Crippen LogP contribution in [0.15, 0.2) is 108 Å². The molecule has 0 aliphatic heterocycles. The van der Waals surface area contributed by atoms with Crippen LogP contribution in [-0.4, -0.2) is 35.1 Å². The summed E-state index contributed by atoms with van der Waals surface area (Å²) in [6.07, 6.45) is 0. The molecule has 9 heteroatoms. The summed E-state index contributed by atoms with van der Waals surface area (Å²) >= 11 is 0. The van der Waals surface area contributed by atoms with Gasteiger partial charge in [0.1, 0.15) is 18.0 Å². The van der Waals surface area contributed by atoms with Crippen LogP contribution in [0.5, 0.6) is 23.0 Å². The highest BCUT2D eigenvalue weighted by Gasteiger charge is 2.28. The van der Waals surface area contributed by atoms with Gasteiger partial charge in [-0.05, 0) is 60.7 Å². The third-order valence-corrected chi connectivity index (χ3v) is 7.16. The van der Waals surface area contributed by atoms with E-state index >= 15 is 0 Å². The van der Waals surface area contributed by atoms with Crippen LogP contribution in [0.2, 0.25) is 0 Å². The highest BCUT2D eigenvalue weighted by Crippen LogP contribution is 2.32. The number of nitrogens with zero attached hydrogens (tertiary/aromatic N) is 1. The molecule has 0 aliphatic carbocycles. The molecule has 0 aliphatic rings. The lowest BCUT2D eigenvalue weighted by atomic mass is 10.3. The number of carbonyl (C=O) groups is 1. The maximum absolute atomic E-state index is 13.6. The fourth-order valence-corrected chi connectivity index (χ4v) is 5.01. The van der Waals surface area contributed by atoms with Crippen molar-refractivity contribution in [3.63, 3.8) is 0 Å². The molecular weight excluding hydrogens is 492 g/mol. The van der Waals surface area contributed by atoms with Crippen LogP contribution in [0.1, 0.15) is 0 Å². The standard InChI is InChI=1S/C28H26N2O6S/c1-34-26-18-17-25(19-27(26)35-2)37(32,33)30(22-9-5-3-6-10-22)20-28(31)29-21-13-15-24(16-14-21)36-23-11-7-4-8-12-23/h3-19H,20H2,1-2H3,(H,29,31). The number of rotatable bonds is 10. The molecule has 0 bridgehead atoms. The normalized spacial score (nSPS) is 10.9. The van der Waals surface area contributed by atoms with E-state index in [2.05, 4.69) is 5.32 Å². The molecule has 0 fully saturated rings. The summed E-state index contributed by atoms with van der Waals surface area (Å²) in [6.45, 7) is -0.442. The summed E-state index contributed by atoms with van der Waals surface area (Å²) in [7, 11) is -1.23. The molecule has 37 heavy (non-hydrogen) atoms. The first-order valence-corrected chi connectivity index (χ1v) is 12.8. The zero-order valence-corrected chi connectivity index (χ0v) is 21.1. The molecule has 0 unspecified atom stereocenters. The molecule has 0 atom stereocenters. The monoisotopic (exact) mass is 518 g/mol. The molecule has 4 aromatic carbocycles. The van der Waals surface area contributed by atoms with Crippen molar-refractivity contribution in [3.8, 4) is 23.0 Å². The second kappa shape index (κ2) is 11.5. The van der Waals surface area contributed by atoms with Crippen LogP contribution in [0.4, 0.5) is 11.4 Å². The predicted molar refractivity (Wildman–Crippen MR) is 142 cm³/mol. The summed E-state index contributed by atoms with van der Waals surface area (Å²) in [4.78, 5) is 12.9. The number of methoxy groups -OCH3 is 2. The Morgan fingerprint density at radius 3 is 1.97 bits per heavy atom. The molecule has 0 heterocycles. The van der Waals surface area contributed by atoms with Crippen molar-refractivity contribution in [3.05, 3.63) is 103 Å². The molecule has 0 radical (unpaired) electrons. The van der Waals surface area contributed by atoms with Crippen molar-refractivity contribution < 1.29 is 27.4 Å². The zero-order valence-electron chi connectivity index (χ0n) is 20.3. The minimum Gasteiger partial charge on any atom is -0.493 e. The van der Waals surface area contributed by atoms with Crippen molar-refractivity contribution in [2.75, 3.05) is 30.4 Å². The van der Waals surface area contributed by atoms with E-state index in [1.165, 1.54) is 32.4 Å². The van der Waals surface area contributed by atoms with Gasteiger partial charge in [0, 0.05) is 11.8 Å². The number of hydrogen-bond donors (Lipinski definition) is 1. The van der Waals surface area contributed by atoms with Gasteiger partial charge in [-0.15, -0.1) is 0 Å². The Balaban J connectivity index is 1.54. The minimum absolute atomic E-state index is 0.0378. The molecule has 0 spiro atoms. The molecule has 190 valence electrons. The van der Waals surface area contributed by atoms with E-state index in [1.54, 1.807) is 54.6 Å². The Kier molecular flexibility index (Phi) is 7.95. The van der Waals surface area contributed by atoms with E-state index in [0.717, 1.165) is 4.31 Å². The van der Waals surface area contributed by atoms with E-state index in [0.29, 0.717) is 28.6 Å². The van der Waals surface area contributed by atoms with Gasteiger partial charge in [0.25, 0.3) is 10.0 Å². The van der Waals surface area contributed by atoms with Gasteiger partial charge in [-0.1, -0.05) is 36.4 Å². The van der Waals surface area contributed by atoms with Gasteiger partial charge >= 0.3 is 0 Å². The first kappa shape index (κ1) is 25.6. The summed E-state index contributed by atoms with van der Waals surface area (Å²) in [6, 6.07) is 28.9. The average molecular weight is 519 g/mol. The lowest BCUT2D eigenvalue weighted by Gasteiger charge is -2.24. The lowest BCUT2D eigenvalue weighted by Crippen LogP contribution is -2.38. The fourth-order valence-electron chi connectivity index (χ4n) is 3.58. The second-order valence-electron chi connectivity index (χ2n) is 7.85. The van der Waals surface area contributed by atoms with Gasteiger partial charge in [-0.3, -0.25) is 9.10 Å². The second-order valence-corrected chi connectivity index (χ2v) is 9.71. The van der Waals surface area contributed by atoms with E-state index in [9.17, 15) is 13.2 Å². The highest BCUT2D eigenvalue weighted by molar-refractivity contribution is 7.92. The third kappa shape index (κ3) is 6.20. The molecule has 8 nitrogen and oxygen atoms in total. The number of para-hydroxylation sites is 2. The van der Waals surface area contributed by atoms with Crippen LogP contribution in [0.25, 0.3) is 0 Å². The van der Waals surface area contributed by atoms with Crippen LogP contribution < -0.4 is 23.8 Å². The Labute approximate surface area is 216 Å². The van der Waals surface area contributed by atoms with Crippen molar-refractivity contribution in [1.29, 1.82) is 0 Å². The number of sulfonamides is 1. The number of carbonyl (C=O) groups excluding carboxylic acids is 1. The van der Waals surface area contributed by atoms with Gasteiger partial charge in [0.05, 0.1) is 24.8 Å². The SMILES string of the molecule is COc1ccc(S(=O)(=O)N(CC(=O)Nc2ccc(Oc3ccccc3)cc2)c2ccccc2)cc1OC. The van der Waals surface area contributed by atoms with Gasteiger partial charge < -0.3 is 19.5 Å². The maximum Gasteiger partial charge on any atom is 0.264 e. The number of benzene rings is 4. The maximum atomic E-state index is 13.6. The Hall–Kier alpha value is -4.50. The van der Waals surface area contributed by atoms with Crippen molar-refractivity contribution in [2.24, 2.45) is 0 Å². The van der Waals surface area contributed by atoms with E-state index in [4.69, 9.17) is 14.2 Å². The van der Waals surface area contributed by atoms with E-state index in [1.807, 2.05) is 30.3 Å². The molecule has 1 N–H and O–H groups in total. The number of amides is 1. The summed E-state index contributed by atoms with van der Waals surface area (Å²) in [5.74, 6) is 1.44. The van der Waals surface area contributed by atoms with Gasteiger partial charge in [0.15, 0.2) is 11.5 Å². The predicted octanol–water partition coefficient (Wildman–Crippen LogP) is 5.33. The van der Waals surface area contributed by atoms with Crippen LogP contribution in [0, 0.1) is 0 Å². The molecule has 0 saturated heterocycles. The lowest BCUT2D eigenvalue weighted by molar-refractivity contribution is -0.114. The topological polar surface area (TPSA) is 94.2 Å². The quantitative estimate of drug-likeness (QED) is 0.305. The van der Waals surface area contributed by atoms with Gasteiger partial charge in [-0.25, -0.2) is 8.42 Å². The summed E-state index contributed by atoms with van der Waals surface area (Å²) in [5, 5.41) is 2.75. The first-order chi connectivity index (χ1) is 17.9. The average Bonchev–Trinajstić information content (AvgIpc) is 2.93. The van der Waals surface area contributed by atoms with Crippen molar-refractivity contribution in [1.82, 2.24) is 0 Å². The molecule has 4 rings (SSSR count). The zero-order chi connectivity index (χ0) is 26.3. The molecule has 0 saturated carbocycles. The Morgan fingerprint density at radius 1 is 0.757 bits per heavy atom. The summed E-state index contributed by atoms with van der Waals surface area (Å²) in [5.41, 5.74) is 0.848. The minimum atomic E-state index is -4.12. The Bertz CT molecular complexity index is 1440. The van der Waals surface area contributed by atoms with E-state index < -0.39 is 22.5 Å². The largest absolute Gasteiger partial charge is 0.493 e. The molecule has 4 aromatic rings. The highest BCUT2D eigenvalue weighted by atomic mass is 32.2. The van der Waals surface area contributed by atoms with Crippen molar-refractivity contribution >= 4 is 27.3 Å². The van der Waals surface area contributed by atoms with Gasteiger partial charge in [0.2, 0.25) is 5.91 Å². The van der Waals surface area contributed by atoms with E-state index in [-0.39, 0.29) is 10.6 Å². The molecule has 0 aromatic heterocycles. The summed E-state index contributed by atoms with van der Waals surface area (Å²) < 4.78 is 44.6.